The lowest BCUT2D eigenvalue weighted by molar-refractivity contribution is -0.345. The first kappa shape index (κ1) is 19.4. The van der Waals surface area contributed by atoms with E-state index < -0.39 is 42.2 Å². The van der Waals surface area contributed by atoms with E-state index in [4.69, 9.17) is 0 Å². The first-order valence-corrected chi connectivity index (χ1v) is 6.63. The molecule has 0 radical (unpaired) electrons. The maximum absolute atomic E-state index is 12.9. The molecule has 0 N–H and O–H groups in total. The summed E-state index contributed by atoms with van der Waals surface area (Å²) in [6.45, 7) is -2.59. The molecule has 1 nitrogen and oxygen atoms in total. The minimum absolute atomic E-state index is 0.224. The molecule has 0 saturated carbocycles. The third-order valence-electron chi connectivity index (χ3n) is 1.90. The lowest BCUT2D eigenvalue weighted by Crippen LogP contribution is -2.59. The Bertz CT molecular complexity index is 286. The summed E-state index contributed by atoms with van der Waals surface area (Å²) in [6.07, 6.45) is -4.92. The molecule has 0 aliphatic rings. The molecule has 11 heteroatoms. The summed E-state index contributed by atoms with van der Waals surface area (Å²) >= 11 is 5.79. The smallest absolute Gasteiger partial charge is 0.374 e. The van der Waals surface area contributed by atoms with Crippen molar-refractivity contribution in [2.45, 2.75) is 29.0 Å². The van der Waals surface area contributed by atoms with Crippen LogP contribution in [0, 0.1) is 0 Å². The Morgan fingerprint density at radius 2 is 1.47 bits per heavy atom. The second-order valence-electron chi connectivity index (χ2n) is 3.47. The van der Waals surface area contributed by atoms with E-state index in [1.165, 1.54) is 0 Å². The van der Waals surface area contributed by atoms with Gasteiger partial charge in [-0.2, -0.15) is 26.3 Å². The molecule has 1 atom stereocenters. The van der Waals surface area contributed by atoms with E-state index in [9.17, 15) is 35.1 Å². The largest absolute Gasteiger partial charge is 0.380 e. The van der Waals surface area contributed by atoms with E-state index >= 15 is 0 Å². The second kappa shape index (κ2) is 6.88. The molecular formula is C8H8Br2F8O. The minimum atomic E-state index is -6.22. The first-order valence-electron chi connectivity index (χ1n) is 4.59. The Kier molecular flexibility index (Phi) is 7.01. The van der Waals surface area contributed by atoms with E-state index in [0.29, 0.717) is 0 Å². The highest BCUT2D eigenvalue weighted by Gasteiger charge is 2.75. The van der Waals surface area contributed by atoms with Crippen LogP contribution >= 0.6 is 31.9 Å². The summed E-state index contributed by atoms with van der Waals surface area (Å²) < 4.78 is 104. The third-order valence-corrected chi connectivity index (χ3v) is 4.14. The van der Waals surface area contributed by atoms with Gasteiger partial charge in [-0.1, -0.05) is 31.9 Å². The molecular weight excluding hydrogens is 424 g/mol. The zero-order chi connectivity index (χ0) is 15.5. The van der Waals surface area contributed by atoms with Gasteiger partial charge in [0.1, 0.15) is 6.61 Å². The van der Waals surface area contributed by atoms with Crippen LogP contribution in [0.5, 0.6) is 0 Å². The fourth-order valence-corrected chi connectivity index (χ4v) is 1.20. The van der Waals surface area contributed by atoms with E-state index in [1.807, 2.05) is 0 Å². The van der Waals surface area contributed by atoms with Crippen molar-refractivity contribution in [3.05, 3.63) is 0 Å². The van der Waals surface area contributed by atoms with Crippen molar-refractivity contribution >= 4 is 31.9 Å². The molecule has 0 heterocycles. The van der Waals surface area contributed by atoms with Crippen molar-refractivity contribution in [2.24, 2.45) is 0 Å². The zero-order valence-electron chi connectivity index (χ0n) is 8.96. The van der Waals surface area contributed by atoms with Crippen molar-refractivity contribution < 1.29 is 39.9 Å². The predicted molar refractivity (Wildman–Crippen MR) is 58.2 cm³/mol. The highest BCUT2D eigenvalue weighted by Crippen LogP contribution is 2.48. The van der Waals surface area contributed by atoms with Crippen LogP contribution in [-0.4, -0.2) is 47.6 Å². The van der Waals surface area contributed by atoms with Crippen LogP contribution in [0.4, 0.5) is 35.1 Å². The van der Waals surface area contributed by atoms with Crippen molar-refractivity contribution in [3.8, 4) is 0 Å². The van der Waals surface area contributed by atoms with Gasteiger partial charge in [0.2, 0.25) is 0 Å². The third kappa shape index (κ3) is 4.42. The van der Waals surface area contributed by atoms with Crippen LogP contribution in [0.1, 0.15) is 0 Å². The van der Waals surface area contributed by atoms with E-state index in [1.54, 1.807) is 0 Å². The number of ether oxygens (including phenoxy) is 1. The molecule has 0 aromatic heterocycles. The van der Waals surface area contributed by atoms with E-state index in [0.717, 1.165) is 0 Å². The quantitative estimate of drug-likeness (QED) is 0.410. The maximum Gasteiger partial charge on any atom is 0.380 e. The summed E-state index contributed by atoms with van der Waals surface area (Å²) in [7, 11) is 0. The van der Waals surface area contributed by atoms with E-state index in [-0.39, 0.29) is 5.33 Å². The zero-order valence-corrected chi connectivity index (χ0v) is 12.1. The highest BCUT2D eigenvalue weighted by molar-refractivity contribution is 9.12. The lowest BCUT2D eigenvalue weighted by Gasteiger charge is -2.32. The lowest BCUT2D eigenvalue weighted by atomic mass is 10.1. The average Bonchev–Trinajstić information content (AvgIpc) is 2.27. The van der Waals surface area contributed by atoms with E-state index in [2.05, 4.69) is 36.6 Å². The molecule has 0 saturated heterocycles. The van der Waals surface area contributed by atoms with Crippen LogP contribution in [0.3, 0.4) is 0 Å². The Morgan fingerprint density at radius 3 is 1.84 bits per heavy atom. The average molecular weight is 432 g/mol. The molecule has 0 fully saturated rings. The standard InChI is InChI=1S/C8H8Br2F8O/c9-1-4(10)2-19-3-6(13,14)8(17,18)7(15,16)5(11)12/h4-5H,1-3H2. The van der Waals surface area contributed by atoms with Gasteiger partial charge in [0.15, 0.2) is 0 Å². The summed E-state index contributed by atoms with van der Waals surface area (Å²) in [4.78, 5) is -0.521. The van der Waals surface area contributed by atoms with Crippen LogP contribution in [0.2, 0.25) is 0 Å². The van der Waals surface area contributed by atoms with Gasteiger partial charge in [-0.25, -0.2) is 8.78 Å². The van der Waals surface area contributed by atoms with Crippen LogP contribution < -0.4 is 0 Å². The van der Waals surface area contributed by atoms with Gasteiger partial charge in [-0.05, 0) is 0 Å². The molecule has 0 bridgehead atoms. The molecule has 19 heavy (non-hydrogen) atoms. The van der Waals surface area contributed by atoms with Gasteiger partial charge < -0.3 is 4.74 Å². The fourth-order valence-electron chi connectivity index (χ4n) is 0.831. The van der Waals surface area contributed by atoms with Crippen molar-refractivity contribution in [3.63, 3.8) is 0 Å². The summed E-state index contributed by atoms with van der Waals surface area (Å²) in [5.41, 5.74) is 0. The SMILES string of the molecule is FC(F)C(F)(F)C(F)(F)C(F)(F)COCC(Br)CBr. The Balaban J connectivity index is 4.78. The van der Waals surface area contributed by atoms with Gasteiger partial charge in [-0.15, -0.1) is 0 Å². The summed E-state index contributed by atoms with van der Waals surface area (Å²) in [5.74, 6) is -17.8. The number of hydrogen-bond acceptors (Lipinski definition) is 1. The molecule has 0 amide bonds. The number of rotatable bonds is 8. The fraction of sp³-hybridized carbons (Fsp3) is 1.00. The van der Waals surface area contributed by atoms with Gasteiger partial charge in [-0.3, -0.25) is 0 Å². The molecule has 0 aliphatic carbocycles. The maximum atomic E-state index is 12.9. The monoisotopic (exact) mass is 430 g/mol. The topological polar surface area (TPSA) is 9.23 Å². The van der Waals surface area contributed by atoms with Gasteiger partial charge in [0.05, 0.1) is 6.61 Å². The number of hydrogen-bond donors (Lipinski definition) is 0. The van der Waals surface area contributed by atoms with Crippen molar-refractivity contribution in [1.82, 2.24) is 0 Å². The van der Waals surface area contributed by atoms with Gasteiger partial charge >= 0.3 is 24.2 Å². The summed E-state index contributed by atoms with van der Waals surface area (Å²) in [6, 6.07) is 0. The molecule has 0 aromatic rings. The molecule has 0 aliphatic heterocycles. The van der Waals surface area contributed by atoms with Crippen molar-refractivity contribution in [1.29, 1.82) is 0 Å². The summed E-state index contributed by atoms with van der Waals surface area (Å²) in [5, 5.41) is 0.224. The first-order chi connectivity index (χ1) is 8.40. The predicted octanol–water partition coefficient (Wildman–Crippen LogP) is 4.33. The van der Waals surface area contributed by atoms with Crippen LogP contribution in [0.15, 0.2) is 0 Å². The Labute approximate surface area is 119 Å². The molecule has 0 spiro atoms. The van der Waals surface area contributed by atoms with Crippen LogP contribution in [-0.2, 0) is 4.74 Å². The second-order valence-corrected chi connectivity index (χ2v) is 5.41. The molecule has 0 aromatic carbocycles. The highest BCUT2D eigenvalue weighted by atomic mass is 79.9. The normalized spacial score (nSPS) is 15.9. The van der Waals surface area contributed by atoms with Gasteiger partial charge in [0, 0.05) is 10.2 Å². The molecule has 0 rings (SSSR count). The minimum Gasteiger partial charge on any atom is -0.374 e. The molecule has 1 unspecified atom stereocenters. The Hall–Kier alpha value is 0.360. The van der Waals surface area contributed by atoms with Gasteiger partial charge in [0.25, 0.3) is 0 Å². The van der Waals surface area contributed by atoms with Crippen molar-refractivity contribution in [2.75, 3.05) is 18.5 Å². The molecule has 116 valence electrons. The Morgan fingerprint density at radius 1 is 1.00 bits per heavy atom. The number of halogens is 10. The number of alkyl halides is 10. The van der Waals surface area contributed by atoms with Crippen LogP contribution in [0.25, 0.3) is 0 Å².